The quantitative estimate of drug-likeness (QED) is 0.332. The summed E-state index contributed by atoms with van der Waals surface area (Å²) >= 11 is 0. The molecule has 0 saturated heterocycles. The highest BCUT2D eigenvalue weighted by Crippen LogP contribution is 1.65. The Balaban J connectivity index is 2.99. The minimum Gasteiger partial charge on any atom is -0.468 e. The lowest BCUT2D eigenvalue weighted by molar-refractivity contribution is -0.374. The van der Waals surface area contributed by atoms with E-state index < -0.39 is 0 Å². The third kappa shape index (κ3) is 3.58. The second-order valence-electron chi connectivity index (χ2n) is 1.25. The van der Waals surface area contributed by atoms with Crippen LogP contribution in [0.25, 0.3) is 0 Å². The van der Waals surface area contributed by atoms with Crippen LogP contribution in [-0.4, -0.2) is 26.3 Å². The van der Waals surface area contributed by atoms with Gasteiger partial charge in [0.1, 0.15) is 6.67 Å². The maximum atomic E-state index is 10.3. The first-order valence-electron chi connectivity index (χ1n) is 2.38. The molecule has 0 aromatic heterocycles. The van der Waals surface area contributed by atoms with Crippen LogP contribution in [0.4, 0.5) is 0 Å². The molecule has 0 heterocycles. The molecule has 0 saturated carbocycles. The van der Waals surface area contributed by atoms with Gasteiger partial charge in [0.05, 0.1) is 13.7 Å². The zero-order chi connectivity index (χ0) is 6.41. The van der Waals surface area contributed by atoms with Crippen molar-refractivity contribution in [2.24, 2.45) is 0 Å². The third-order valence-corrected chi connectivity index (χ3v) is 0.674. The van der Waals surface area contributed by atoms with Crippen LogP contribution in [0.2, 0.25) is 0 Å². The van der Waals surface area contributed by atoms with Crippen LogP contribution in [0.3, 0.4) is 0 Å². The van der Waals surface area contributed by atoms with Crippen molar-refractivity contribution < 1.29 is 15.3 Å². The molecular formula is C4H11N2O2+. The van der Waals surface area contributed by atoms with Gasteiger partial charge in [-0.25, -0.2) is 0 Å². The number of methoxy groups -OCH3 is 1. The Morgan fingerprint density at radius 2 is 2.50 bits per heavy atom. The van der Waals surface area contributed by atoms with Crippen molar-refractivity contribution in [1.82, 2.24) is 5.32 Å². The van der Waals surface area contributed by atoms with E-state index in [1.165, 1.54) is 7.11 Å². The predicted molar refractivity (Wildman–Crippen MR) is 27.8 cm³/mol. The molecule has 0 radical (unpaired) electrons. The number of quaternary nitrogens is 1. The maximum absolute atomic E-state index is 10.3. The molecule has 0 bridgehead atoms. The molecule has 4 heteroatoms. The molecule has 48 valence electrons. The number of hydrogen-bond acceptors (Lipinski definition) is 3. The smallest absolute Gasteiger partial charge is 0.319 e. The molecule has 0 unspecified atom stereocenters. The van der Waals surface area contributed by atoms with E-state index in [-0.39, 0.29) is 12.5 Å². The highest BCUT2D eigenvalue weighted by Gasteiger charge is 1.94. The van der Waals surface area contributed by atoms with Gasteiger partial charge in [0.2, 0.25) is 0 Å². The minimum absolute atomic E-state index is 0.250. The molecule has 0 aliphatic heterocycles. The molecular weight excluding hydrogens is 108 g/mol. The Morgan fingerprint density at radius 3 is 2.88 bits per heavy atom. The highest BCUT2D eigenvalue weighted by atomic mass is 16.5. The fraction of sp³-hybridized carbons (Fsp3) is 0.750. The van der Waals surface area contributed by atoms with Crippen LogP contribution in [0, 0.1) is 0 Å². The Labute approximate surface area is 48.0 Å². The number of rotatable bonds is 3. The summed E-state index contributed by atoms with van der Waals surface area (Å²) in [6.07, 6.45) is 0. The van der Waals surface area contributed by atoms with E-state index in [1.807, 2.05) is 0 Å². The molecule has 0 fully saturated rings. The van der Waals surface area contributed by atoms with Crippen molar-refractivity contribution in [1.29, 1.82) is 0 Å². The Bertz CT molecular complexity index is 74.4. The summed E-state index contributed by atoms with van der Waals surface area (Å²) in [6, 6.07) is 0. The average molecular weight is 119 g/mol. The summed E-state index contributed by atoms with van der Waals surface area (Å²) in [5.74, 6) is -0.256. The van der Waals surface area contributed by atoms with Gasteiger partial charge >= 0.3 is 5.97 Å². The molecule has 0 rings (SSSR count). The summed E-state index contributed by atoms with van der Waals surface area (Å²) in [7, 11) is 1.35. The maximum Gasteiger partial charge on any atom is 0.319 e. The van der Waals surface area contributed by atoms with Crippen LogP contribution >= 0.6 is 0 Å². The third-order valence-electron chi connectivity index (χ3n) is 0.674. The zero-order valence-electron chi connectivity index (χ0n) is 4.94. The molecule has 0 amide bonds. The standard InChI is InChI=1S/C4H10N2O2/c1-8-4(7)2-6-3-5/h6H,2-3,5H2,1H3/p+1. The lowest BCUT2D eigenvalue weighted by atomic mass is 10.6. The molecule has 0 aliphatic carbocycles. The predicted octanol–water partition coefficient (Wildman–Crippen LogP) is -2.05. The Morgan fingerprint density at radius 1 is 1.88 bits per heavy atom. The number of carbonyl (C=O) groups excluding carboxylic acids is 1. The lowest BCUT2D eigenvalue weighted by Crippen LogP contribution is -2.57. The Kier molecular flexibility index (Phi) is 4.20. The molecule has 4 nitrogen and oxygen atoms in total. The molecule has 0 aliphatic rings. The summed E-state index contributed by atoms with van der Waals surface area (Å²) in [5, 5.41) is 2.71. The van der Waals surface area contributed by atoms with Crippen molar-refractivity contribution in [3.05, 3.63) is 0 Å². The SMILES string of the molecule is COC(=O)CNC[NH3+]. The first kappa shape index (κ1) is 7.39. The fourth-order valence-electron chi connectivity index (χ4n) is 0.263. The lowest BCUT2D eigenvalue weighted by Gasteiger charge is -1.95. The number of carbonyl (C=O) groups is 1. The van der Waals surface area contributed by atoms with E-state index in [9.17, 15) is 4.79 Å². The molecule has 0 spiro atoms. The number of esters is 1. The van der Waals surface area contributed by atoms with Crippen molar-refractivity contribution >= 4 is 5.97 Å². The van der Waals surface area contributed by atoms with Crippen LogP contribution in [0.1, 0.15) is 0 Å². The highest BCUT2D eigenvalue weighted by molar-refractivity contribution is 5.71. The van der Waals surface area contributed by atoms with Gasteiger partial charge in [0, 0.05) is 0 Å². The van der Waals surface area contributed by atoms with Crippen molar-refractivity contribution in [3.63, 3.8) is 0 Å². The van der Waals surface area contributed by atoms with Gasteiger partial charge in [-0.2, -0.15) is 0 Å². The second-order valence-corrected chi connectivity index (χ2v) is 1.25. The van der Waals surface area contributed by atoms with Gasteiger partial charge < -0.3 is 10.5 Å². The zero-order valence-corrected chi connectivity index (χ0v) is 4.94. The minimum atomic E-state index is -0.256. The van der Waals surface area contributed by atoms with Crippen molar-refractivity contribution in [2.75, 3.05) is 20.3 Å². The van der Waals surface area contributed by atoms with Crippen molar-refractivity contribution in [3.8, 4) is 0 Å². The van der Waals surface area contributed by atoms with Crippen LogP contribution in [0.5, 0.6) is 0 Å². The van der Waals surface area contributed by atoms with Crippen LogP contribution in [0.15, 0.2) is 0 Å². The molecule has 4 N–H and O–H groups in total. The first-order valence-corrected chi connectivity index (χ1v) is 2.38. The largest absolute Gasteiger partial charge is 0.468 e. The average Bonchev–Trinajstić information content (AvgIpc) is 1.83. The number of nitrogens with one attached hydrogen (secondary N) is 1. The van der Waals surface area contributed by atoms with E-state index in [4.69, 9.17) is 0 Å². The summed E-state index contributed by atoms with van der Waals surface area (Å²) in [6.45, 7) is 0.801. The monoisotopic (exact) mass is 119 g/mol. The van der Waals surface area contributed by atoms with Gasteiger partial charge in [-0.1, -0.05) is 0 Å². The molecule has 0 aromatic rings. The van der Waals surface area contributed by atoms with E-state index >= 15 is 0 Å². The van der Waals surface area contributed by atoms with E-state index in [1.54, 1.807) is 0 Å². The van der Waals surface area contributed by atoms with E-state index in [2.05, 4.69) is 15.8 Å². The van der Waals surface area contributed by atoms with Crippen molar-refractivity contribution in [2.45, 2.75) is 0 Å². The second kappa shape index (κ2) is 4.55. The van der Waals surface area contributed by atoms with Gasteiger partial charge in [0.25, 0.3) is 0 Å². The van der Waals surface area contributed by atoms with E-state index in [0.717, 1.165) is 0 Å². The fourth-order valence-corrected chi connectivity index (χ4v) is 0.263. The molecule has 0 atom stereocenters. The number of hydrogen-bond donors (Lipinski definition) is 2. The molecule has 0 aromatic carbocycles. The van der Waals surface area contributed by atoms with E-state index in [0.29, 0.717) is 6.67 Å². The van der Waals surface area contributed by atoms with Gasteiger partial charge in [0.15, 0.2) is 0 Å². The Hall–Kier alpha value is -0.610. The van der Waals surface area contributed by atoms with Crippen LogP contribution < -0.4 is 11.1 Å². The summed E-state index contributed by atoms with van der Waals surface area (Å²) in [5.41, 5.74) is 3.47. The van der Waals surface area contributed by atoms with Gasteiger partial charge in [-0.05, 0) is 0 Å². The number of ether oxygens (including phenoxy) is 1. The topological polar surface area (TPSA) is 66.0 Å². The van der Waals surface area contributed by atoms with Gasteiger partial charge in [-0.15, -0.1) is 0 Å². The molecule has 8 heavy (non-hydrogen) atoms. The summed E-state index contributed by atoms with van der Waals surface area (Å²) < 4.78 is 4.32. The first-order chi connectivity index (χ1) is 3.81. The van der Waals surface area contributed by atoms with Gasteiger partial charge in [-0.3, -0.25) is 10.1 Å². The van der Waals surface area contributed by atoms with Crippen LogP contribution in [-0.2, 0) is 9.53 Å². The summed E-state index contributed by atoms with van der Waals surface area (Å²) in [4.78, 5) is 10.3. The normalized spacial score (nSPS) is 8.75.